The fourth-order valence-electron chi connectivity index (χ4n) is 3.19. The number of methoxy groups -OCH3 is 1. The number of carbonyl (C=O) groups is 2. The number of halogens is 1. The molecule has 2 aromatic carbocycles. The molecule has 130 valence electrons. The van der Waals surface area contributed by atoms with Crippen LogP contribution < -0.4 is 10.1 Å². The Hall–Kier alpha value is -2.53. The Morgan fingerprint density at radius 1 is 1.24 bits per heavy atom. The van der Waals surface area contributed by atoms with Gasteiger partial charge in [0.25, 0.3) is 5.91 Å². The number of carboxylic acid groups (broad SMARTS) is 1. The van der Waals surface area contributed by atoms with Crippen LogP contribution in [0.2, 0.25) is 5.02 Å². The van der Waals surface area contributed by atoms with Crippen molar-refractivity contribution in [1.82, 2.24) is 5.32 Å². The zero-order valence-electron chi connectivity index (χ0n) is 13.7. The second-order valence-electron chi connectivity index (χ2n) is 5.94. The number of hydrogen-bond donors (Lipinski definition) is 2. The molecule has 2 aromatic rings. The minimum atomic E-state index is -1.19. The van der Waals surface area contributed by atoms with Gasteiger partial charge in [0.15, 0.2) is 6.04 Å². The molecule has 1 atom stereocenters. The van der Waals surface area contributed by atoms with Crippen molar-refractivity contribution < 1.29 is 19.4 Å². The predicted molar refractivity (Wildman–Crippen MR) is 94.3 cm³/mol. The first kappa shape index (κ1) is 17.3. The van der Waals surface area contributed by atoms with Gasteiger partial charge in [0.1, 0.15) is 5.75 Å². The molecule has 6 heteroatoms. The summed E-state index contributed by atoms with van der Waals surface area (Å²) in [5.41, 5.74) is 3.10. The van der Waals surface area contributed by atoms with Crippen molar-refractivity contribution in [3.05, 3.63) is 63.7 Å². The van der Waals surface area contributed by atoms with Gasteiger partial charge in [-0.25, -0.2) is 4.79 Å². The van der Waals surface area contributed by atoms with Gasteiger partial charge in [-0.05, 0) is 54.2 Å². The Labute approximate surface area is 150 Å². The van der Waals surface area contributed by atoms with Gasteiger partial charge >= 0.3 is 5.97 Å². The summed E-state index contributed by atoms with van der Waals surface area (Å²) >= 11 is 6.08. The monoisotopic (exact) mass is 359 g/mol. The molecular weight excluding hydrogens is 342 g/mol. The van der Waals surface area contributed by atoms with Gasteiger partial charge in [0.05, 0.1) is 12.1 Å². The molecule has 0 spiro atoms. The number of hydrogen-bond acceptors (Lipinski definition) is 3. The molecule has 2 N–H and O–H groups in total. The standard InChI is InChI=1S/C19H18ClNO4/c1-25-16-9-8-12(10-15(16)20)17(19(23)24)21-18(22)14-7-3-5-11-4-2-6-13(11)14/h3,5,7-10,17H,2,4,6H2,1H3,(H,21,22)(H,23,24)/t17-/m1/s1. The Morgan fingerprint density at radius 3 is 2.72 bits per heavy atom. The Balaban J connectivity index is 1.88. The van der Waals surface area contributed by atoms with Gasteiger partial charge in [0.2, 0.25) is 0 Å². The maximum Gasteiger partial charge on any atom is 0.330 e. The normalized spacial score (nSPS) is 13.8. The maximum atomic E-state index is 12.7. The van der Waals surface area contributed by atoms with E-state index in [-0.39, 0.29) is 0 Å². The summed E-state index contributed by atoms with van der Waals surface area (Å²) in [5.74, 6) is -1.10. The third-order valence-electron chi connectivity index (χ3n) is 4.42. The summed E-state index contributed by atoms with van der Waals surface area (Å²) in [6.45, 7) is 0. The first-order valence-corrected chi connectivity index (χ1v) is 8.37. The Bertz CT molecular complexity index is 834. The molecule has 5 nitrogen and oxygen atoms in total. The van der Waals surface area contributed by atoms with Gasteiger partial charge in [-0.1, -0.05) is 29.8 Å². The zero-order chi connectivity index (χ0) is 18.0. The van der Waals surface area contributed by atoms with Gasteiger partial charge in [-0.2, -0.15) is 0 Å². The van der Waals surface area contributed by atoms with Crippen LogP contribution in [0.25, 0.3) is 0 Å². The second kappa shape index (κ2) is 7.15. The summed E-state index contributed by atoms with van der Waals surface area (Å²) in [6, 6.07) is 9.05. The minimum Gasteiger partial charge on any atom is -0.495 e. The van der Waals surface area contributed by atoms with Gasteiger partial charge in [-0.3, -0.25) is 4.79 Å². The molecule has 0 heterocycles. The lowest BCUT2D eigenvalue weighted by Gasteiger charge is -2.17. The number of carboxylic acids is 1. The minimum absolute atomic E-state index is 0.293. The molecule has 0 saturated heterocycles. The van der Waals surface area contributed by atoms with Crippen LogP contribution in [0.5, 0.6) is 5.75 Å². The summed E-state index contributed by atoms with van der Waals surface area (Å²) in [6.07, 6.45) is 2.80. The zero-order valence-corrected chi connectivity index (χ0v) is 14.5. The van der Waals surface area contributed by atoms with E-state index in [0.29, 0.717) is 21.9 Å². The van der Waals surface area contributed by atoms with Crippen molar-refractivity contribution in [3.8, 4) is 5.75 Å². The van der Waals surface area contributed by atoms with Crippen molar-refractivity contribution >= 4 is 23.5 Å². The van der Waals surface area contributed by atoms with Crippen LogP contribution in [0.4, 0.5) is 0 Å². The van der Waals surface area contributed by atoms with Crippen LogP contribution >= 0.6 is 11.6 Å². The molecule has 0 fully saturated rings. The lowest BCUT2D eigenvalue weighted by molar-refractivity contribution is -0.139. The summed E-state index contributed by atoms with van der Waals surface area (Å²) in [5, 5.41) is 12.4. The van der Waals surface area contributed by atoms with Crippen LogP contribution in [0.1, 0.15) is 39.5 Å². The molecule has 1 aliphatic carbocycles. The van der Waals surface area contributed by atoms with E-state index in [4.69, 9.17) is 16.3 Å². The highest BCUT2D eigenvalue weighted by molar-refractivity contribution is 6.32. The lowest BCUT2D eigenvalue weighted by atomic mass is 10.0. The van der Waals surface area contributed by atoms with Crippen LogP contribution in [0.15, 0.2) is 36.4 Å². The molecule has 0 aromatic heterocycles. The van der Waals surface area contributed by atoms with Crippen LogP contribution in [0, 0.1) is 0 Å². The first-order valence-electron chi connectivity index (χ1n) is 7.99. The van der Waals surface area contributed by atoms with Crippen LogP contribution in [0.3, 0.4) is 0 Å². The molecule has 1 aliphatic rings. The third kappa shape index (κ3) is 3.46. The molecule has 0 radical (unpaired) electrons. The summed E-state index contributed by atoms with van der Waals surface area (Å²) in [4.78, 5) is 24.3. The molecule has 3 rings (SSSR count). The van der Waals surface area contributed by atoms with E-state index in [1.165, 1.54) is 13.2 Å². The average molecular weight is 360 g/mol. The van der Waals surface area contributed by atoms with Gasteiger partial charge < -0.3 is 15.2 Å². The SMILES string of the molecule is COc1ccc([C@@H](NC(=O)c2cccc3c2CCC3)C(=O)O)cc1Cl. The van der Waals surface area contributed by atoms with Gasteiger partial charge in [-0.15, -0.1) is 0 Å². The topological polar surface area (TPSA) is 75.6 Å². The van der Waals surface area contributed by atoms with Gasteiger partial charge in [0, 0.05) is 5.56 Å². The number of fused-ring (bicyclic) bond motifs is 1. The second-order valence-corrected chi connectivity index (χ2v) is 6.34. The largest absolute Gasteiger partial charge is 0.495 e. The van der Waals surface area contributed by atoms with E-state index in [1.807, 2.05) is 12.1 Å². The average Bonchev–Trinajstić information content (AvgIpc) is 3.07. The molecule has 0 bridgehead atoms. The Morgan fingerprint density at radius 2 is 2.04 bits per heavy atom. The lowest BCUT2D eigenvalue weighted by Crippen LogP contribution is -2.34. The fourth-order valence-corrected chi connectivity index (χ4v) is 3.46. The smallest absolute Gasteiger partial charge is 0.330 e. The molecule has 0 aliphatic heterocycles. The number of rotatable bonds is 5. The van der Waals surface area contributed by atoms with E-state index >= 15 is 0 Å². The molecule has 0 unspecified atom stereocenters. The third-order valence-corrected chi connectivity index (χ3v) is 4.72. The highest BCUT2D eigenvalue weighted by Crippen LogP contribution is 2.29. The van der Waals surface area contributed by atoms with E-state index in [9.17, 15) is 14.7 Å². The van der Waals surface area contributed by atoms with Crippen molar-refractivity contribution in [3.63, 3.8) is 0 Å². The van der Waals surface area contributed by atoms with Crippen LogP contribution in [-0.4, -0.2) is 24.1 Å². The van der Waals surface area contributed by atoms with E-state index in [0.717, 1.165) is 30.4 Å². The summed E-state index contributed by atoms with van der Waals surface area (Å²) in [7, 11) is 1.48. The number of aryl methyl sites for hydroxylation is 1. The number of carbonyl (C=O) groups excluding carboxylic acids is 1. The van der Waals surface area contributed by atoms with Crippen LogP contribution in [-0.2, 0) is 17.6 Å². The van der Waals surface area contributed by atoms with Crippen molar-refractivity contribution in [2.45, 2.75) is 25.3 Å². The first-order chi connectivity index (χ1) is 12.0. The van der Waals surface area contributed by atoms with E-state index in [1.54, 1.807) is 18.2 Å². The van der Waals surface area contributed by atoms with Crippen molar-refractivity contribution in [1.29, 1.82) is 0 Å². The molecular formula is C19H18ClNO4. The Kier molecular flexibility index (Phi) is 4.95. The highest BCUT2D eigenvalue weighted by Gasteiger charge is 2.26. The predicted octanol–water partition coefficient (Wildman–Crippen LogP) is 3.39. The van der Waals surface area contributed by atoms with Crippen molar-refractivity contribution in [2.24, 2.45) is 0 Å². The highest BCUT2D eigenvalue weighted by atomic mass is 35.5. The van der Waals surface area contributed by atoms with Crippen molar-refractivity contribution in [2.75, 3.05) is 7.11 Å². The summed E-state index contributed by atoms with van der Waals surface area (Å²) < 4.78 is 5.07. The maximum absolute atomic E-state index is 12.7. The number of nitrogens with one attached hydrogen (secondary N) is 1. The molecule has 1 amide bonds. The number of aliphatic carboxylic acids is 1. The number of benzene rings is 2. The number of ether oxygens (including phenoxy) is 1. The fraction of sp³-hybridized carbons (Fsp3) is 0.263. The van der Waals surface area contributed by atoms with E-state index in [2.05, 4.69) is 5.32 Å². The molecule has 0 saturated carbocycles. The quantitative estimate of drug-likeness (QED) is 0.858. The molecule has 25 heavy (non-hydrogen) atoms. The van der Waals surface area contributed by atoms with E-state index < -0.39 is 17.9 Å². The number of amides is 1.